The number of fused-ring (bicyclic) bond motifs is 1. The molecule has 4 heteroatoms. The predicted octanol–water partition coefficient (Wildman–Crippen LogP) is 3.27. The Morgan fingerprint density at radius 1 is 1.19 bits per heavy atom. The maximum absolute atomic E-state index is 6.09. The van der Waals surface area contributed by atoms with Gasteiger partial charge in [0.2, 0.25) is 0 Å². The minimum Gasteiger partial charge on any atom is -0.493 e. The Labute approximate surface area is 125 Å². The first-order valence-electron chi connectivity index (χ1n) is 7.27. The highest BCUT2D eigenvalue weighted by Crippen LogP contribution is 2.33. The van der Waals surface area contributed by atoms with Gasteiger partial charge in [0.1, 0.15) is 17.4 Å². The van der Waals surface area contributed by atoms with Crippen molar-refractivity contribution in [1.82, 2.24) is 9.97 Å². The van der Waals surface area contributed by atoms with Crippen LogP contribution in [0, 0.1) is 6.92 Å². The summed E-state index contributed by atoms with van der Waals surface area (Å²) in [5.74, 6) is 2.31. The first-order valence-corrected chi connectivity index (χ1v) is 7.27. The molecule has 2 N–H and O–H groups in total. The number of rotatable bonds is 1. The largest absolute Gasteiger partial charge is 0.493 e. The number of nitrogens with zero attached hydrogens (tertiary/aromatic N) is 2. The van der Waals surface area contributed by atoms with E-state index in [0.717, 1.165) is 41.4 Å². The molecule has 0 spiro atoms. The predicted molar refractivity (Wildman–Crippen MR) is 84.5 cm³/mol. The van der Waals surface area contributed by atoms with Crippen molar-refractivity contribution in [1.29, 1.82) is 0 Å². The number of anilines is 1. The molecule has 1 aliphatic rings. The maximum atomic E-state index is 6.09. The van der Waals surface area contributed by atoms with Crippen LogP contribution in [-0.4, -0.2) is 16.6 Å². The summed E-state index contributed by atoms with van der Waals surface area (Å²) in [6.07, 6.45) is 0.953. The smallest absolute Gasteiger partial charge is 0.136 e. The average Bonchev–Trinajstić information content (AvgIpc) is 2.87. The lowest BCUT2D eigenvalue weighted by atomic mass is 9.94. The number of nitrogens with two attached hydrogens (primary N) is 1. The van der Waals surface area contributed by atoms with Crippen molar-refractivity contribution in [3.05, 3.63) is 35.2 Å². The van der Waals surface area contributed by atoms with Crippen LogP contribution in [0.5, 0.6) is 5.75 Å². The number of ether oxygens (including phenoxy) is 1. The number of benzene rings is 1. The van der Waals surface area contributed by atoms with Gasteiger partial charge in [-0.1, -0.05) is 20.8 Å². The number of nitrogen functional groups attached to an aromatic ring is 1. The molecule has 1 aromatic heterocycles. The van der Waals surface area contributed by atoms with Crippen molar-refractivity contribution in [2.75, 3.05) is 12.3 Å². The van der Waals surface area contributed by atoms with Crippen LogP contribution in [0.15, 0.2) is 18.2 Å². The molecule has 1 aliphatic heterocycles. The van der Waals surface area contributed by atoms with Gasteiger partial charge in [-0.15, -0.1) is 0 Å². The van der Waals surface area contributed by atoms with Crippen LogP contribution in [0.1, 0.15) is 37.7 Å². The van der Waals surface area contributed by atoms with Crippen LogP contribution in [-0.2, 0) is 11.8 Å². The number of hydrogen-bond acceptors (Lipinski definition) is 4. The molecule has 0 aliphatic carbocycles. The Hall–Kier alpha value is -2.10. The highest BCUT2D eigenvalue weighted by molar-refractivity contribution is 5.69. The number of hydrogen-bond donors (Lipinski definition) is 1. The van der Waals surface area contributed by atoms with Crippen molar-refractivity contribution >= 4 is 5.82 Å². The molecule has 4 nitrogen and oxygen atoms in total. The average molecular weight is 283 g/mol. The summed E-state index contributed by atoms with van der Waals surface area (Å²) in [6.45, 7) is 9.02. The van der Waals surface area contributed by atoms with Gasteiger partial charge in [-0.05, 0) is 30.7 Å². The van der Waals surface area contributed by atoms with Gasteiger partial charge in [0.25, 0.3) is 0 Å². The van der Waals surface area contributed by atoms with Crippen LogP contribution in [0.4, 0.5) is 5.82 Å². The van der Waals surface area contributed by atoms with E-state index in [4.69, 9.17) is 15.5 Å². The first-order chi connectivity index (χ1) is 9.86. The summed E-state index contributed by atoms with van der Waals surface area (Å²) in [4.78, 5) is 9.21. The first kappa shape index (κ1) is 13.9. The fraction of sp³-hybridized carbons (Fsp3) is 0.412. The van der Waals surface area contributed by atoms with Gasteiger partial charge in [-0.2, -0.15) is 0 Å². The van der Waals surface area contributed by atoms with E-state index in [1.165, 1.54) is 5.56 Å². The van der Waals surface area contributed by atoms with Crippen LogP contribution < -0.4 is 10.5 Å². The van der Waals surface area contributed by atoms with Crippen molar-refractivity contribution in [2.45, 2.75) is 39.5 Å². The Morgan fingerprint density at radius 2 is 1.95 bits per heavy atom. The lowest BCUT2D eigenvalue weighted by molar-refractivity contribution is 0.357. The van der Waals surface area contributed by atoms with E-state index in [-0.39, 0.29) is 5.41 Å². The lowest BCUT2D eigenvalue weighted by Crippen LogP contribution is -2.18. The molecule has 1 aromatic carbocycles. The van der Waals surface area contributed by atoms with E-state index in [2.05, 4.69) is 31.8 Å². The van der Waals surface area contributed by atoms with E-state index < -0.39 is 0 Å². The third-order valence-electron chi connectivity index (χ3n) is 3.82. The zero-order chi connectivity index (χ0) is 15.2. The molecular formula is C17H21N3O. The van der Waals surface area contributed by atoms with Crippen LogP contribution >= 0.6 is 0 Å². The van der Waals surface area contributed by atoms with Crippen LogP contribution in [0.2, 0.25) is 0 Å². The third kappa shape index (κ3) is 2.46. The van der Waals surface area contributed by atoms with Gasteiger partial charge in [-0.25, -0.2) is 9.97 Å². The van der Waals surface area contributed by atoms with Crippen molar-refractivity contribution in [2.24, 2.45) is 0 Å². The molecule has 0 radical (unpaired) electrons. The quantitative estimate of drug-likeness (QED) is 0.872. The SMILES string of the molecule is Cc1c(N)nc(C(C)(C)C)nc1-c1ccc2c(c1)CCO2. The highest BCUT2D eigenvalue weighted by Gasteiger charge is 2.22. The van der Waals surface area contributed by atoms with Crippen molar-refractivity contribution in [3.8, 4) is 17.0 Å². The van der Waals surface area contributed by atoms with E-state index >= 15 is 0 Å². The summed E-state index contributed by atoms with van der Waals surface area (Å²) in [5.41, 5.74) is 10.1. The van der Waals surface area contributed by atoms with Crippen LogP contribution in [0.25, 0.3) is 11.3 Å². The number of aromatic nitrogens is 2. The van der Waals surface area contributed by atoms with E-state index in [9.17, 15) is 0 Å². The van der Waals surface area contributed by atoms with Gasteiger partial charge in [0.15, 0.2) is 0 Å². The molecule has 0 saturated heterocycles. The normalized spacial score (nSPS) is 13.9. The Balaban J connectivity index is 2.15. The third-order valence-corrected chi connectivity index (χ3v) is 3.82. The fourth-order valence-electron chi connectivity index (χ4n) is 2.48. The monoisotopic (exact) mass is 283 g/mol. The molecule has 0 unspecified atom stereocenters. The summed E-state index contributed by atoms with van der Waals surface area (Å²) in [6, 6.07) is 6.22. The molecule has 0 saturated carbocycles. The molecule has 0 atom stereocenters. The topological polar surface area (TPSA) is 61.0 Å². The van der Waals surface area contributed by atoms with Crippen molar-refractivity contribution < 1.29 is 4.74 Å². The standard InChI is InChI=1S/C17H21N3O/c1-10-14(19-16(17(2,3)4)20-15(10)18)12-5-6-13-11(9-12)7-8-21-13/h5-6,9H,7-8H2,1-4H3,(H2,18,19,20). The van der Waals surface area contributed by atoms with Crippen molar-refractivity contribution in [3.63, 3.8) is 0 Å². The summed E-state index contributed by atoms with van der Waals surface area (Å²) in [5, 5.41) is 0. The van der Waals surface area contributed by atoms with E-state index in [1.54, 1.807) is 0 Å². The summed E-state index contributed by atoms with van der Waals surface area (Å²) in [7, 11) is 0. The molecule has 0 bridgehead atoms. The summed E-state index contributed by atoms with van der Waals surface area (Å²) < 4.78 is 5.56. The minimum absolute atomic E-state index is 0.129. The minimum atomic E-state index is -0.129. The highest BCUT2D eigenvalue weighted by atomic mass is 16.5. The van der Waals surface area contributed by atoms with E-state index in [0.29, 0.717) is 5.82 Å². The van der Waals surface area contributed by atoms with Crippen LogP contribution in [0.3, 0.4) is 0 Å². The molecular weight excluding hydrogens is 262 g/mol. The van der Waals surface area contributed by atoms with Gasteiger partial charge >= 0.3 is 0 Å². The van der Waals surface area contributed by atoms with Gasteiger partial charge < -0.3 is 10.5 Å². The Bertz CT molecular complexity index is 702. The van der Waals surface area contributed by atoms with E-state index in [1.807, 2.05) is 19.1 Å². The fourth-order valence-corrected chi connectivity index (χ4v) is 2.48. The maximum Gasteiger partial charge on any atom is 0.136 e. The molecule has 110 valence electrons. The second-order valence-electron chi connectivity index (χ2n) is 6.58. The van der Waals surface area contributed by atoms with Gasteiger partial charge in [0.05, 0.1) is 12.3 Å². The van der Waals surface area contributed by atoms with Gasteiger partial charge in [0, 0.05) is 23.0 Å². The second kappa shape index (κ2) is 4.72. The molecule has 0 amide bonds. The molecule has 21 heavy (non-hydrogen) atoms. The Morgan fingerprint density at radius 3 is 2.67 bits per heavy atom. The Kier molecular flexibility index (Phi) is 3.12. The van der Waals surface area contributed by atoms with Gasteiger partial charge in [-0.3, -0.25) is 0 Å². The molecule has 0 fully saturated rings. The molecule has 2 heterocycles. The lowest BCUT2D eigenvalue weighted by Gasteiger charge is -2.19. The second-order valence-corrected chi connectivity index (χ2v) is 6.58. The zero-order valence-electron chi connectivity index (χ0n) is 13.0. The molecule has 2 aromatic rings. The molecule has 3 rings (SSSR count). The summed E-state index contributed by atoms with van der Waals surface area (Å²) >= 11 is 0. The zero-order valence-corrected chi connectivity index (χ0v) is 13.0.